The molecule has 1 N–H and O–H groups in total. The van der Waals surface area contributed by atoms with E-state index in [1.165, 1.54) is 21.2 Å². The fourth-order valence-corrected chi connectivity index (χ4v) is 8.08. The number of benzene rings is 2. The van der Waals surface area contributed by atoms with Crippen LogP contribution in [0.5, 0.6) is 5.75 Å². The number of imide groups is 1. The zero-order chi connectivity index (χ0) is 28.0. The largest absolute Gasteiger partial charge is 0.497 e. The van der Waals surface area contributed by atoms with Crippen LogP contribution in [0.3, 0.4) is 0 Å². The molecule has 0 radical (unpaired) electrons. The molecule has 202 valence electrons. The first-order valence-electron chi connectivity index (χ1n) is 12.2. The lowest BCUT2D eigenvalue weighted by molar-refractivity contribution is -0.122. The van der Waals surface area contributed by atoms with Crippen molar-refractivity contribution in [3.8, 4) is 5.75 Å². The first-order chi connectivity index (χ1) is 19.4. The maximum Gasteiger partial charge on any atom is 0.308 e. The molecule has 2 aromatic carbocycles. The molecule has 12 heteroatoms. The molecule has 2 aliphatic heterocycles. The summed E-state index contributed by atoms with van der Waals surface area (Å²) in [7, 11) is 1.56. The van der Waals surface area contributed by atoms with E-state index in [-0.39, 0.29) is 29.1 Å². The number of hydrogen-bond acceptors (Lipinski definition) is 8. The van der Waals surface area contributed by atoms with Gasteiger partial charge in [0.1, 0.15) is 17.5 Å². The molecule has 0 saturated carbocycles. The van der Waals surface area contributed by atoms with Gasteiger partial charge in [-0.05, 0) is 60.2 Å². The Morgan fingerprint density at radius 2 is 1.80 bits per heavy atom. The highest BCUT2D eigenvalue weighted by atomic mass is 79.9. The quantitative estimate of drug-likeness (QED) is 0.310. The zero-order valence-electron chi connectivity index (χ0n) is 20.9. The van der Waals surface area contributed by atoms with E-state index in [9.17, 15) is 19.2 Å². The normalized spacial score (nSPS) is 19.8. The van der Waals surface area contributed by atoms with Crippen LogP contribution in [0.15, 0.2) is 87.4 Å². The molecule has 4 aromatic rings. The van der Waals surface area contributed by atoms with Gasteiger partial charge in [-0.2, -0.15) is 0 Å². The van der Waals surface area contributed by atoms with Gasteiger partial charge in [0.25, 0.3) is 0 Å². The summed E-state index contributed by atoms with van der Waals surface area (Å²) >= 11 is 5.57. The second kappa shape index (κ2) is 10.7. The van der Waals surface area contributed by atoms with E-state index in [4.69, 9.17) is 4.74 Å². The molecule has 0 bridgehead atoms. The average molecular weight is 638 g/mol. The number of hydrogen-bond donors (Lipinski definition) is 1. The topological polar surface area (TPSA) is 111 Å². The number of nitrogens with one attached hydrogen (secondary N) is 1. The van der Waals surface area contributed by atoms with Crippen LogP contribution in [0.4, 0.5) is 11.4 Å². The lowest BCUT2D eigenvalue weighted by atomic mass is 9.84. The second-order valence-electron chi connectivity index (χ2n) is 9.22. The highest BCUT2D eigenvalue weighted by Crippen LogP contribution is 2.53. The molecule has 6 rings (SSSR count). The Morgan fingerprint density at radius 1 is 1.05 bits per heavy atom. The van der Waals surface area contributed by atoms with Gasteiger partial charge in [0, 0.05) is 33.3 Å². The average Bonchev–Trinajstić information content (AvgIpc) is 3.40. The van der Waals surface area contributed by atoms with Crippen LogP contribution in [0.1, 0.15) is 16.4 Å². The van der Waals surface area contributed by atoms with E-state index in [1.54, 1.807) is 74.1 Å². The van der Waals surface area contributed by atoms with Crippen LogP contribution in [0, 0.1) is 5.92 Å². The highest BCUT2D eigenvalue weighted by molar-refractivity contribution is 9.10. The summed E-state index contributed by atoms with van der Waals surface area (Å²) in [5.41, 5.74) is 1.78. The Bertz CT molecular complexity index is 1670. The third kappa shape index (κ3) is 4.65. The van der Waals surface area contributed by atoms with Crippen LogP contribution in [0.25, 0.3) is 0 Å². The van der Waals surface area contributed by atoms with Gasteiger partial charge in [0.05, 0.1) is 23.7 Å². The number of ether oxygens (including phenoxy) is 1. The summed E-state index contributed by atoms with van der Waals surface area (Å²) in [4.78, 5) is 59.6. The van der Waals surface area contributed by atoms with Gasteiger partial charge in [-0.15, -0.1) is 0 Å². The predicted molar refractivity (Wildman–Crippen MR) is 156 cm³/mol. The predicted octanol–water partition coefficient (Wildman–Crippen LogP) is 4.51. The maximum absolute atomic E-state index is 13.9. The van der Waals surface area contributed by atoms with Crippen LogP contribution in [-0.4, -0.2) is 39.6 Å². The number of halogens is 1. The number of carbonyl (C=O) groups excluding carboxylic acids is 3. The maximum atomic E-state index is 13.9. The third-order valence-electron chi connectivity index (χ3n) is 6.85. The SMILES string of the molecule is COc1ccc(NC(=O)Cn2c3c(sc2=O)[C@@H](c2cccnc2)[C@H]2C(=O)N(c4ccc(Br)cc4)C(=O)[C@H]2S3)cc1. The number of methoxy groups -OCH3 is 1. The van der Waals surface area contributed by atoms with E-state index < -0.39 is 17.1 Å². The van der Waals surface area contributed by atoms with Crippen LogP contribution >= 0.6 is 39.0 Å². The Morgan fingerprint density at radius 3 is 2.48 bits per heavy atom. The molecular weight excluding hydrogens is 616 g/mol. The van der Waals surface area contributed by atoms with Gasteiger partial charge in [0.15, 0.2) is 0 Å². The summed E-state index contributed by atoms with van der Waals surface area (Å²) in [6.07, 6.45) is 3.29. The number of nitrogens with zero attached hydrogens (tertiary/aromatic N) is 3. The summed E-state index contributed by atoms with van der Waals surface area (Å²) in [6, 6.07) is 17.5. The molecule has 4 heterocycles. The number of rotatable bonds is 6. The molecular formula is C28H21BrN4O5S2. The van der Waals surface area contributed by atoms with E-state index in [1.807, 2.05) is 6.07 Å². The Balaban J connectivity index is 1.37. The lowest BCUT2D eigenvalue weighted by Crippen LogP contribution is -2.33. The van der Waals surface area contributed by atoms with Crippen molar-refractivity contribution in [2.24, 2.45) is 5.92 Å². The van der Waals surface area contributed by atoms with Crippen molar-refractivity contribution in [1.82, 2.24) is 9.55 Å². The molecule has 2 aliphatic rings. The molecule has 3 atom stereocenters. The van der Waals surface area contributed by atoms with E-state index in [0.29, 0.717) is 27.0 Å². The van der Waals surface area contributed by atoms with E-state index in [0.717, 1.165) is 21.4 Å². The molecule has 1 fully saturated rings. The fourth-order valence-electron chi connectivity index (χ4n) is 5.04. The van der Waals surface area contributed by atoms with Crippen molar-refractivity contribution in [3.63, 3.8) is 0 Å². The van der Waals surface area contributed by atoms with Gasteiger partial charge in [-0.25, -0.2) is 4.90 Å². The Hall–Kier alpha value is -3.74. The van der Waals surface area contributed by atoms with Crippen LogP contribution in [0.2, 0.25) is 0 Å². The Kier molecular flexibility index (Phi) is 7.07. The van der Waals surface area contributed by atoms with Crippen molar-refractivity contribution >= 4 is 68.1 Å². The van der Waals surface area contributed by atoms with E-state index >= 15 is 0 Å². The number of aromatic nitrogens is 2. The van der Waals surface area contributed by atoms with Gasteiger partial charge in [-0.3, -0.25) is 28.7 Å². The number of amides is 3. The van der Waals surface area contributed by atoms with Crippen molar-refractivity contribution < 1.29 is 19.1 Å². The first kappa shape index (κ1) is 26.5. The van der Waals surface area contributed by atoms with Gasteiger partial charge >= 0.3 is 4.87 Å². The van der Waals surface area contributed by atoms with Crippen molar-refractivity contribution in [3.05, 3.63) is 97.6 Å². The van der Waals surface area contributed by atoms with Gasteiger partial charge in [-0.1, -0.05) is 45.1 Å². The number of anilines is 2. The lowest BCUT2D eigenvalue weighted by Gasteiger charge is -2.30. The third-order valence-corrected chi connectivity index (χ3v) is 9.99. The van der Waals surface area contributed by atoms with Gasteiger partial charge in [0.2, 0.25) is 17.7 Å². The number of pyridine rings is 1. The molecule has 0 spiro atoms. The van der Waals surface area contributed by atoms with Crippen molar-refractivity contribution in [2.45, 2.75) is 22.7 Å². The number of thiazole rings is 1. The fraction of sp³-hybridized carbons (Fsp3) is 0.179. The molecule has 0 unspecified atom stereocenters. The van der Waals surface area contributed by atoms with Crippen molar-refractivity contribution in [1.29, 1.82) is 0 Å². The number of thioether (sulfide) groups is 1. The highest BCUT2D eigenvalue weighted by Gasteiger charge is 2.56. The summed E-state index contributed by atoms with van der Waals surface area (Å²) in [5, 5.41) is 2.56. The monoisotopic (exact) mass is 636 g/mol. The van der Waals surface area contributed by atoms with Gasteiger partial charge < -0.3 is 10.1 Å². The van der Waals surface area contributed by atoms with Crippen LogP contribution in [-0.2, 0) is 20.9 Å². The van der Waals surface area contributed by atoms with E-state index in [2.05, 4.69) is 26.2 Å². The molecule has 40 heavy (non-hydrogen) atoms. The first-order valence-corrected chi connectivity index (χ1v) is 14.7. The molecule has 3 amide bonds. The molecule has 0 aliphatic carbocycles. The summed E-state index contributed by atoms with van der Waals surface area (Å²) in [5.74, 6) is -1.70. The minimum absolute atomic E-state index is 0.237. The summed E-state index contributed by atoms with van der Waals surface area (Å²) in [6.45, 7) is -0.237. The number of fused-ring (bicyclic) bond motifs is 2. The smallest absolute Gasteiger partial charge is 0.308 e. The molecule has 9 nitrogen and oxygen atoms in total. The Labute approximate surface area is 245 Å². The summed E-state index contributed by atoms with van der Waals surface area (Å²) < 4.78 is 7.37. The second-order valence-corrected chi connectivity index (χ2v) is 12.3. The van der Waals surface area contributed by atoms with Crippen LogP contribution < -0.4 is 19.8 Å². The minimum atomic E-state index is -0.765. The minimum Gasteiger partial charge on any atom is -0.497 e. The zero-order valence-corrected chi connectivity index (χ0v) is 24.2. The number of carbonyl (C=O) groups is 3. The molecule has 1 saturated heterocycles. The standard InChI is InChI=1S/C28H21BrN4O5S2/c1-38-19-10-6-17(7-11-19)31-20(34)14-32-27-24(40-28(32)37)21(15-3-2-12-30-13-15)22-23(39-27)26(36)33(25(22)35)18-8-4-16(29)5-9-18/h2-13,21-23H,14H2,1H3,(H,31,34)/t21-,22+,23-/m0/s1. The van der Waals surface area contributed by atoms with Crippen molar-refractivity contribution in [2.75, 3.05) is 17.3 Å². The molecule has 2 aromatic heterocycles.